The van der Waals surface area contributed by atoms with E-state index < -0.39 is 0 Å². The second-order valence-corrected chi connectivity index (χ2v) is 4.42. The zero-order valence-corrected chi connectivity index (χ0v) is 10.8. The third-order valence-electron chi connectivity index (χ3n) is 2.27. The van der Waals surface area contributed by atoms with Crippen LogP contribution >= 0.6 is 15.9 Å². The number of hydrogen-bond donors (Lipinski definition) is 0. The molecule has 0 saturated carbocycles. The fourth-order valence-corrected chi connectivity index (χ4v) is 1.86. The molecule has 0 N–H and O–H groups in total. The lowest BCUT2D eigenvalue weighted by atomic mass is 10.1. The van der Waals surface area contributed by atoms with E-state index in [1.165, 1.54) is 0 Å². The molecular formula is C15H11BrO. The van der Waals surface area contributed by atoms with Gasteiger partial charge in [0.2, 0.25) is 0 Å². The second-order valence-electron chi connectivity index (χ2n) is 3.56. The summed E-state index contributed by atoms with van der Waals surface area (Å²) in [7, 11) is 0. The third kappa shape index (κ3) is 3.12. The number of terminal acetylenes is 1. The number of ether oxygens (including phenoxy) is 1. The average molecular weight is 287 g/mol. The number of hydrogen-bond acceptors (Lipinski definition) is 1. The van der Waals surface area contributed by atoms with E-state index in [-0.39, 0.29) is 0 Å². The molecule has 0 atom stereocenters. The highest BCUT2D eigenvalue weighted by Gasteiger charge is 2.01. The molecule has 0 spiro atoms. The summed E-state index contributed by atoms with van der Waals surface area (Å²) in [4.78, 5) is 0. The van der Waals surface area contributed by atoms with E-state index in [1.807, 2.05) is 48.5 Å². The minimum absolute atomic E-state index is 0.618. The Morgan fingerprint density at radius 1 is 1.12 bits per heavy atom. The van der Waals surface area contributed by atoms with E-state index in [2.05, 4.69) is 21.9 Å². The summed E-state index contributed by atoms with van der Waals surface area (Å²) in [5, 5.41) is 0. The lowest BCUT2D eigenvalue weighted by Crippen LogP contribution is -1.87. The van der Waals surface area contributed by atoms with Crippen molar-refractivity contribution in [3.05, 3.63) is 58.6 Å². The van der Waals surface area contributed by atoms with Crippen molar-refractivity contribution in [2.24, 2.45) is 0 Å². The molecule has 0 aliphatic rings. The number of halogens is 1. The maximum atomic E-state index is 5.78. The molecule has 0 heterocycles. The van der Waals surface area contributed by atoms with E-state index >= 15 is 0 Å². The molecule has 0 saturated heterocycles. The standard InChI is InChI=1S/C15H11BrO/c1-2-6-12-7-5-8-13(11-12)17-15-10-4-3-9-14(15)16/h1,3-5,7-11H,6H2. The molecule has 0 aliphatic heterocycles. The zero-order valence-electron chi connectivity index (χ0n) is 9.19. The first-order chi connectivity index (χ1) is 8.29. The number of benzene rings is 2. The SMILES string of the molecule is C#CCc1cccc(Oc2ccccc2Br)c1. The second kappa shape index (κ2) is 5.56. The van der Waals surface area contributed by atoms with E-state index in [1.54, 1.807) is 0 Å². The summed E-state index contributed by atoms with van der Waals surface area (Å²) < 4.78 is 6.71. The van der Waals surface area contributed by atoms with Crippen LogP contribution in [-0.2, 0) is 6.42 Å². The Hall–Kier alpha value is -1.72. The van der Waals surface area contributed by atoms with E-state index in [0.717, 1.165) is 21.5 Å². The van der Waals surface area contributed by atoms with Gasteiger partial charge in [-0.2, -0.15) is 0 Å². The Morgan fingerprint density at radius 3 is 2.71 bits per heavy atom. The van der Waals surface area contributed by atoms with Crippen molar-refractivity contribution >= 4 is 15.9 Å². The van der Waals surface area contributed by atoms with Crippen LogP contribution in [0.1, 0.15) is 5.56 Å². The van der Waals surface area contributed by atoms with Crippen molar-refractivity contribution in [3.8, 4) is 23.8 Å². The van der Waals surface area contributed by atoms with Gasteiger partial charge in [0, 0.05) is 6.42 Å². The Labute approximate surface area is 110 Å². The van der Waals surface area contributed by atoms with Crippen LogP contribution in [0.5, 0.6) is 11.5 Å². The van der Waals surface area contributed by atoms with Crippen LogP contribution in [0.2, 0.25) is 0 Å². The fraction of sp³-hybridized carbons (Fsp3) is 0.0667. The predicted octanol–water partition coefficient (Wildman–Crippen LogP) is 4.42. The molecule has 0 unspecified atom stereocenters. The Bertz CT molecular complexity index is 555. The zero-order chi connectivity index (χ0) is 12.1. The first kappa shape index (κ1) is 11.8. The summed E-state index contributed by atoms with van der Waals surface area (Å²) >= 11 is 3.45. The summed E-state index contributed by atoms with van der Waals surface area (Å²) in [6.07, 6.45) is 5.91. The van der Waals surface area contributed by atoms with Crippen molar-refractivity contribution in [3.63, 3.8) is 0 Å². The molecule has 0 amide bonds. The molecule has 17 heavy (non-hydrogen) atoms. The van der Waals surface area contributed by atoms with Crippen LogP contribution in [0.25, 0.3) is 0 Å². The molecule has 0 fully saturated rings. The highest BCUT2D eigenvalue weighted by atomic mass is 79.9. The van der Waals surface area contributed by atoms with E-state index in [9.17, 15) is 0 Å². The van der Waals surface area contributed by atoms with Crippen LogP contribution in [0, 0.1) is 12.3 Å². The highest BCUT2D eigenvalue weighted by molar-refractivity contribution is 9.10. The van der Waals surface area contributed by atoms with Crippen LogP contribution in [-0.4, -0.2) is 0 Å². The molecule has 2 aromatic rings. The van der Waals surface area contributed by atoms with Gasteiger partial charge in [0.05, 0.1) is 4.47 Å². The third-order valence-corrected chi connectivity index (χ3v) is 2.92. The average Bonchev–Trinajstić information content (AvgIpc) is 2.33. The van der Waals surface area contributed by atoms with Gasteiger partial charge >= 0.3 is 0 Å². The smallest absolute Gasteiger partial charge is 0.141 e. The minimum Gasteiger partial charge on any atom is -0.456 e. The highest BCUT2D eigenvalue weighted by Crippen LogP contribution is 2.29. The van der Waals surface area contributed by atoms with Crippen molar-refractivity contribution in [1.29, 1.82) is 0 Å². The molecule has 2 rings (SSSR count). The largest absolute Gasteiger partial charge is 0.456 e. The van der Waals surface area contributed by atoms with Crippen molar-refractivity contribution < 1.29 is 4.74 Å². The topological polar surface area (TPSA) is 9.23 Å². The van der Waals surface area contributed by atoms with Crippen LogP contribution in [0.3, 0.4) is 0 Å². The van der Waals surface area contributed by atoms with Gasteiger partial charge in [-0.05, 0) is 45.8 Å². The predicted molar refractivity (Wildman–Crippen MR) is 73.2 cm³/mol. The molecule has 2 heteroatoms. The van der Waals surface area contributed by atoms with Gasteiger partial charge in [0.25, 0.3) is 0 Å². The van der Waals surface area contributed by atoms with Crippen LogP contribution in [0.15, 0.2) is 53.0 Å². The maximum absolute atomic E-state index is 5.78. The van der Waals surface area contributed by atoms with Gasteiger partial charge in [-0.15, -0.1) is 12.3 Å². The Morgan fingerprint density at radius 2 is 1.94 bits per heavy atom. The quantitative estimate of drug-likeness (QED) is 0.759. The Balaban J connectivity index is 2.22. The Kier molecular flexibility index (Phi) is 3.85. The molecule has 1 nitrogen and oxygen atoms in total. The van der Waals surface area contributed by atoms with Gasteiger partial charge in [-0.1, -0.05) is 24.3 Å². The van der Waals surface area contributed by atoms with Crippen molar-refractivity contribution in [2.45, 2.75) is 6.42 Å². The first-order valence-corrected chi connectivity index (χ1v) is 6.03. The van der Waals surface area contributed by atoms with Gasteiger partial charge in [0.1, 0.15) is 11.5 Å². The molecule has 0 bridgehead atoms. The molecule has 2 aromatic carbocycles. The fourth-order valence-electron chi connectivity index (χ4n) is 1.49. The summed E-state index contributed by atoms with van der Waals surface area (Å²) in [6, 6.07) is 15.6. The summed E-state index contributed by atoms with van der Waals surface area (Å²) in [5.41, 5.74) is 1.08. The molecule has 84 valence electrons. The van der Waals surface area contributed by atoms with Crippen molar-refractivity contribution in [2.75, 3.05) is 0 Å². The first-order valence-electron chi connectivity index (χ1n) is 5.24. The molecule has 0 aliphatic carbocycles. The summed E-state index contributed by atoms with van der Waals surface area (Å²) in [6.45, 7) is 0. The van der Waals surface area contributed by atoms with Gasteiger partial charge in [0.15, 0.2) is 0 Å². The lowest BCUT2D eigenvalue weighted by molar-refractivity contribution is 0.479. The van der Waals surface area contributed by atoms with Crippen LogP contribution < -0.4 is 4.74 Å². The minimum atomic E-state index is 0.618. The van der Waals surface area contributed by atoms with Crippen LogP contribution in [0.4, 0.5) is 0 Å². The monoisotopic (exact) mass is 286 g/mol. The lowest BCUT2D eigenvalue weighted by Gasteiger charge is -2.08. The maximum Gasteiger partial charge on any atom is 0.141 e. The molecule has 0 aromatic heterocycles. The van der Waals surface area contributed by atoms with E-state index in [4.69, 9.17) is 11.2 Å². The van der Waals surface area contributed by atoms with Gasteiger partial charge < -0.3 is 4.74 Å². The van der Waals surface area contributed by atoms with E-state index in [0.29, 0.717) is 6.42 Å². The number of para-hydroxylation sites is 1. The normalized spacial score (nSPS) is 9.65. The summed E-state index contributed by atoms with van der Waals surface area (Å²) in [5.74, 6) is 4.21. The van der Waals surface area contributed by atoms with Gasteiger partial charge in [-0.3, -0.25) is 0 Å². The molecular weight excluding hydrogens is 276 g/mol. The number of rotatable bonds is 3. The molecule has 0 radical (unpaired) electrons. The van der Waals surface area contributed by atoms with Crippen molar-refractivity contribution in [1.82, 2.24) is 0 Å². The van der Waals surface area contributed by atoms with Gasteiger partial charge in [-0.25, -0.2) is 0 Å².